The van der Waals surface area contributed by atoms with E-state index >= 15 is 0 Å². The van der Waals surface area contributed by atoms with E-state index < -0.39 is 45.5 Å². The molecule has 0 aliphatic rings. The lowest BCUT2D eigenvalue weighted by Crippen LogP contribution is -2.52. The summed E-state index contributed by atoms with van der Waals surface area (Å²) < 4.78 is 103. The number of hydrogen-bond acceptors (Lipinski definition) is 5. The Morgan fingerprint density at radius 3 is 1.57 bits per heavy atom. The molecule has 1 unspecified atom stereocenters. The maximum absolute atomic E-state index is 13.8. The fraction of sp³-hybridized carbons (Fsp3) is 0.632. The van der Waals surface area contributed by atoms with Gasteiger partial charge in [-0.25, -0.2) is 13.2 Å². The highest BCUT2D eigenvalue weighted by Gasteiger charge is 2.63. The molecule has 0 fully saturated rings. The number of carbonyl (C=O) groups is 1. The molecule has 1 aromatic rings. The minimum absolute atomic E-state index is 0.00272. The Kier molecular flexibility index (Phi) is 7.69. The Hall–Kier alpha value is -1.75. The van der Waals surface area contributed by atoms with Crippen LogP contribution in [0, 0.1) is 0 Å². The highest BCUT2D eigenvalue weighted by atomic mass is 32.2. The van der Waals surface area contributed by atoms with Gasteiger partial charge in [0, 0.05) is 0 Å². The van der Waals surface area contributed by atoms with E-state index in [0.717, 1.165) is 5.56 Å². The molecule has 0 spiro atoms. The first-order chi connectivity index (χ1) is 13.3. The van der Waals surface area contributed by atoms with E-state index in [0.29, 0.717) is 0 Å². The Labute approximate surface area is 172 Å². The van der Waals surface area contributed by atoms with E-state index in [1.165, 1.54) is 0 Å². The lowest BCUT2D eigenvalue weighted by atomic mass is 9.84. The van der Waals surface area contributed by atoms with Crippen LogP contribution in [0.25, 0.3) is 0 Å². The molecule has 11 heteroatoms. The zero-order valence-corrected chi connectivity index (χ0v) is 18.1. The van der Waals surface area contributed by atoms with Crippen LogP contribution in [0.5, 0.6) is 0 Å². The van der Waals surface area contributed by atoms with E-state index in [9.17, 15) is 39.7 Å². The lowest BCUT2D eigenvalue weighted by molar-refractivity contribution is -0.248. The molecule has 0 N–H and O–H groups in total. The van der Waals surface area contributed by atoms with Crippen LogP contribution in [-0.2, 0) is 14.9 Å². The van der Waals surface area contributed by atoms with Crippen LogP contribution in [0.2, 0.25) is 0 Å². The van der Waals surface area contributed by atoms with Gasteiger partial charge in [0.15, 0.2) is 10.1 Å². The van der Waals surface area contributed by atoms with Crippen molar-refractivity contribution in [1.29, 1.82) is 0 Å². The van der Waals surface area contributed by atoms with Gasteiger partial charge >= 0.3 is 17.4 Å². The predicted octanol–water partition coefficient (Wildman–Crippen LogP) is 5.28. The Morgan fingerprint density at radius 2 is 1.30 bits per heavy atom. The maximum Gasteiger partial charge on any atom is 0.432 e. The topological polar surface area (TPSA) is 83.5 Å². The van der Waals surface area contributed by atoms with Crippen molar-refractivity contribution in [3.05, 3.63) is 34.4 Å². The third kappa shape index (κ3) is 5.48. The minimum Gasteiger partial charge on any atom is -0.743 e. The summed E-state index contributed by atoms with van der Waals surface area (Å²) in [7, 11) is -6.76. The summed E-state index contributed by atoms with van der Waals surface area (Å²) in [5.41, 5.74) is 0.963. The van der Waals surface area contributed by atoms with Crippen molar-refractivity contribution in [1.82, 2.24) is 0 Å². The highest BCUT2D eigenvalue weighted by Crippen LogP contribution is 2.40. The minimum atomic E-state index is -6.76. The van der Waals surface area contributed by atoms with Gasteiger partial charge in [-0.15, -0.1) is 0 Å². The Balaban J connectivity index is 3.69. The van der Waals surface area contributed by atoms with Gasteiger partial charge in [-0.1, -0.05) is 53.7 Å². The highest BCUT2D eigenvalue weighted by molar-refractivity contribution is 7.86. The monoisotopic (exact) mass is 459 g/mol. The van der Waals surface area contributed by atoms with Gasteiger partial charge in [0.25, 0.3) is 6.10 Å². The first kappa shape index (κ1) is 26.3. The van der Waals surface area contributed by atoms with Gasteiger partial charge < -0.3 is 9.29 Å². The average molecular weight is 459 g/mol. The van der Waals surface area contributed by atoms with E-state index in [-0.39, 0.29) is 22.6 Å². The molecule has 30 heavy (non-hydrogen) atoms. The van der Waals surface area contributed by atoms with Crippen LogP contribution >= 0.6 is 0 Å². The Morgan fingerprint density at radius 1 is 0.900 bits per heavy atom. The van der Waals surface area contributed by atoms with Crippen LogP contribution in [0.1, 0.15) is 86.3 Å². The van der Waals surface area contributed by atoms with Crippen molar-refractivity contribution in [3.63, 3.8) is 0 Å². The molecule has 0 bridgehead atoms. The predicted molar refractivity (Wildman–Crippen MR) is 98.6 cm³/mol. The molecule has 0 saturated carbocycles. The summed E-state index contributed by atoms with van der Waals surface area (Å²) in [6.45, 7) is 10.3. The normalized spacial score (nSPS) is 14.5. The SMILES string of the molecule is CC(C)c1cc(C(C)C)c(C(=O)OC(C(F)(F)F)C(F)(F)S(=O)(=O)[O-])c(C(C)C)c1. The van der Waals surface area contributed by atoms with E-state index in [1.807, 2.05) is 13.8 Å². The largest absolute Gasteiger partial charge is 0.743 e. The summed E-state index contributed by atoms with van der Waals surface area (Å²) in [5.74, 6) is -2.56. The van der Waals surface area contributed by atoms with Crippen molar-refractivity contribution >= 4 is 16.1 Å². The number of halogens is 5. The standard InChI is InChI=1S/C19H25F5O5S/c1-9(2)12-7-13(10(3)4)15(14(8-12)11(5)6)16(25)29-17(18(20,21)22)19(23,24)30(26,27)28/h7-11,17H,1-6H3,(H,26,27,28)/p-1. The zero-order chi connectivity index (χ0) is 23.8. The number of hydrogen-bond donors (Lipinski definition) is 0. The molecule has 0 aromatic heterocycles. The van der Waals surface area contributed by atoms with Crippen molar-refractivity contribution in [2.24, 2.45) is 0 Å². The maximum atomic E-state index is 13.8. The number of benzene rings is 1. The van der Waals surface area contributed by atoms with Crippen LogP contribution in [0.3, 0.4) is 0 Å². The first-order valence-corrected chi connectivity index (χ1v) is 10.5. The molecular formula is C19H24F5O5S-. The van der Waals surface area contributed by atoms with Crippen LogP contribution < -0.4 is 0 Å². The van der Waals surface area contributed by atoms with Gasteiger partial charge in [-0.3, -0.25) is 0 Å². The fourth-order valence-electron chi connectivity index (χ4n) is 2.81. The second-order valence-electron chi connectivity index (χ2n) is 7.88. The Bertz CT molecular complexity index is 860. The van der Waals surface area contributed by atoms with Crippen LogP contribution in [0.4, 0.5) is 22.0 Å². The number of esters is 1. The van der Waals surface area contributed by atoms with E-state index in [2.05, 4.69) is 4.74 Å². The summed E-state index contributed by atoms with van der Waals surface area (Å²) in [6, 6.07) is 3.14. The third-order valence-electron chi connectivity index (χ3n) is 4.50. The van der Waals surface area contributed by atoms with Gasteiger partial charge in [0.2, 0.25) is 0 Å². The summed E-state index contributed by atoms with van der Waals surface area (Å²) in [5, 5.41) is -5.89. The smallest absolute Gasteiger partial charge is 0.432 e. The second kappa shape index (κ2) is 8.78. The third-order valence-corrected chi connectivity index (χ3v) is 5.38. The molecule has 0 aliphatic heterocycles. The number of ether oxygens (including phenoxy) is 1. The lowest BCUT2D eigenvalue weighted by Gasteiger charge is -2.30. The number of carbonyl (C=O) groups excluding carboxylic acids is 1. The van der Waals surface area contributed by atoms with Crippen LogP contribution in [-0.4, -0.2) is 36.5 Å². The fourth-order valence-corrected chi connectivity index (χ4v) is 3.26. The van der Waals surface area contributed by atoms with Crippen molar-refractivity contribution in [3.8, 4) is 0 Å². The molecule has 0 amide bonds. The van der Waals surface area contributed by atoms with Crippen molar-refractivity contribution in [2.45, 2.75) is 76.8 Å². The summed E-state index contributed by atoms with van der Waals surface area (Å²) in [4.78, 5) is 12.7. The molecule has 0 aliphatic carbocycles. The number of rotatable bonds is 7. The average Bonchev–Trinajstić information content (AvgIpc) is 2.55. The second-order valence-corrected chi connectivity index (χ2v) is 9.33. The van der Waals surface area contributed by atoms with Gasteiger partial charge in [0.05, 0.1) is 5.56 Å². The summed E-state index contributed by atoms with van der Waals surface area (Å²) >= 11 is 0. The van der Waals surface area contributed by atoms with Crippen molar-refractivity contribution in [2.75, 3.05) is 0 Å². The summed E-state index contributed by atoms with van der Waals surface area (Å²) in [6.07, 6.45) is -10.4. The van der Waals surface area contributed by atoms with Crippen LogP contribution in [0.15, 0.2) is 12.1 Å². The molecule has 172 valence electrons. The molecule has 5 nitrogen and oxygen atoms in total. The van der Waals surface area contributed by atoms with Gasteiger partial charge in [0.1, 0.15) is 0 Å². The van der Waals surface area contributed by atoms with Gasteiger partial charge in [-0.05, 0) is 34.4 Å². The molecule has 1 atom stereocenters. The molecule has 1 rings (SSSR count). The molecular weight excluding hydrogens is 435 g/mol. The van der Waals surface area contributed by atoms with Gasteiger partial charge in [-0.2, -0.15) is 22.0 Å². The molecule has 0 saturated heterocycles. The van der Waals surface area contributed by atoms with E-state index in [4.69, 9.17) is 0 Å². The number of alkyl halides is 5. The zero-order valence-electron chi connectivity index (χ0n) is 17.3. The van der Waals surface area contributed by atoms with Crippen molar-refractivity contribution < 1.29 is 44.5 Å². The molecule has 0 heterocycles. The molecule has 1 aromatic carbocycles. The first-order valence-electron chi connectivity index (χ1n) is 9.11. The molecule has 0 radical (unpaired) electrons. The van der Waals surface area contributed by atoms with E-state index in [1.54, 1.807) is 39.8 Å². The quantitative estimate of drug-likeness (QED) is 0.315.